The molecular formula is C29H30F3N5O3. The fourth-order valence-electron chi connectivity index (χ4n) is 4.95. The van der Waals surface area contributed by atoms with E-state index in [1.165, 1.54) is 12.1 Å². The average molecular weight is 554 g/mol. The normalized spacial score (nSPS) is 14.8. The number of anilines is 1. The monoisotopic (exact) mass is 553 g/mol. The van der Waals surface area contributed by atoms with Crippen molar-refractivity contribution in [2.45, 2.75) is 64.7 Å². The van der Waals surface area contributed by atoms with E-state index < -0.39 is 17.9 Å². The van der Waals surface area contributed by atoms with E-state index in [-0.39, 0.29) is 24.5 Å². The molecule has 0 radical (unpaired) electrons. The molecule has 0 aliphatic heterocycles. The third-order valence-corrected chi connectivity index (χ3v) is 7.46. The molecule has 0 unspecified atom stereocenters. The minimum absolute atomic E-state index is 0.0461. The van der Waals surface area contributed by atoms with Gasteiger partial charge >= 0.3 is 18.3 Å². The molecule has 0 spiro atoms. The maximum absolute atomic E-state index is 13.2. The van der Waals surface area contributed by atoms with Gasteiger partial charge in [0.25, 0.3) is 0 Å². The van der Waals surface area contributed by atoms with Gasteiger partial charge in [0.15, 0.2) is 5.82 Å². The molecule has 11 heteroatoms. The van der Waals surface area contributed by atoms with Crippen molar-refractivity contribution >= 4 is 23.0 Å². The third-order valence-electron chi connectivity index (χ3n) is 7.46. The van der Waals surface area contributed by atoms with Gasteiger partial charge in [-0.25, -0.2) is 4.79 Å². The molecular weight excluding hydrogens is 523 g/mol. The van der Waals surface area contributed by atoms with Gasteiger partial charge in [0.05, 0.1) is 22.5 Å². The van der Waals surface area contributed by atoms with Crippen molar-refractivity contribution in [2.75, 3.05) is 5.32 Å². The lowest BCUT2D eigenvalue weighted by molar-refractivity contribution is -0.137. The molecule has 210 valence electrons. The predicted octanol–water partition coefficient (Wildman–Crippen LogP) is 7.34. The lowest BCUT2D eigenvalue weighted by Gasteiger charge is -2.32. The van der Waals surface area contributed by atoms with E-state index in [1.807, 2.05) is 23.6 Å². The highest BCUT2D eigenvalue weighted by molar-refractivity contribution is 5.92. The Morgan fingerprint density at radius 1 is 1.12 bits per heavy atom. The number of halogens is 3. The van der Waals surface area contributed by atoms with E-state index >= 15 is 0 Å². The third kappa shape index (κ3) is 5.73. The fourth-order valence-corrected chi connectivity index (χ4v) is 4.95. The van der Waals surface area contributed by atoms with Crippen LogP contribution in [-0.4, -0.2) is 36.8 Å². The summed E-state index contributed by atoms with van der Waals surface area (Å²) in [6, 6.07) is 10.4. The lowest BCUT2D eigenvalue weighted by Crippen LogP contribution is -2.31. The van der Waals surface area contributed by atoms with Crippen molar-refractivity contribution in [3.63, 3.8) is 0 Å². The number of rotatable bonds is 8. The second-order valence-electron chi connectivity index (χ2n) is 10.5. The Bertz CT molecular complexity index is 1530. The zero-order chi connectivity index (χ0) is 28.6. The van der Waals surface area contributed by atoms with Crippen LogP contribution in [0.5, 0.6) is 6.01 Å². The zero-order valence-electron chi connectivity index (χ0n) is 22.4. The summed E-state index contributed by atoms with van der Waals surface area (Å²) in [6.45, 7) is 6.40. The van der Waals surface area contributed by atoms with Gasteiger partial charge in [-0.1, -0.05) is 32.4 Å². The quantitative estimate of drug-likeness (QED) is 0.220. The molecule has 3 heterocycles. The molecule has 1 aromatic carbocycles. The Balaban J connectivity index is 1.68. The van der Waals surface area contributed by atoms with Crippen LogP contribution in [-0.2, 0) is 12.7 Å². The molecule has 1 aliphatic carbocycles. The number of fused-ring (bicyclic) bond motifs is 1. The number of pyridine rings is 1. The van der Waals surface area contributed by atoms with Crippen molar-refractivity contribution < 1.29 is 27.8 Å². The minimum atomic E-state index is -4.44. The van der Waals surface area contributed by atoms with Crippen LogP contribution < -0.4 is 10.1 Å². The second-order valence-corrected chi connectivity index (χ2v) is 10.5. The first-order chi connectivity index (χ1) is 19.0. The van der Waals surface area contributed by atoms with Crippen LogP contribution in [0.25, 0.3) is 22.4 Å². The molecule has 3 aromatic heterocycles. The first-order valence-corrected chi connectivity index (χ1v) is 13.2. The number of ether oxygens (including phenoxy) is 1. The van der Waals surface area contributed by atoms with Crippen LogP contribution in [0.2, 0.25) is 0 Å². The average Bonchev–Trinajstić information content (AvgIpc) is 3.20. The Kier molecular flexibility index (Phi) is 7.39. The summed E-state index contributed by atoms with van der Waals surface area (Å²) in [5.41, 5.74) is 3.29. The molecule has 5 rings (SSSR count). The molecule has 1 fully saturated rings. The van der Waals surface area contributed by atoms with Crippen LogP contribution >= 0.6 is 0 Å². The number of nitrogens with zero attached hydrogens (tertiary/aromatic N) is 4. The van der Waals surface area contributed by atoms with E-state index in [1.54, 1.807) is 12.3 Å². The summed E-state index contributed by atoms with van der Waals surface area (Å²) < 4.78 is 46.4. The van der Waals surface area contributed by atoms with Gasteiger partial charge in [-0.05, 0) is 73.1 Å². The van der Waals surface area contributed by atoms with Gasteiger partial charge in [-0.15, -0.1) is 0 Å². The molecule has 1 saturated carbocycles. The highest BCUT2D eigenvalue weighted by Gasteiger charge is 2.30. The number of hydrogen-bond acceptors (Lipinski definition) is 6. The van der Waals surface area contributed by atoms with Crippen LogP contribution in [0.3, 0.4) is 0 Å². The summed E-state index contributed by atoms with van der Waals surface area (Å²) in [6.07, 6.45) is -0.959. The number of hydrogen-bond donors (Lipinski definition) is 2. The molecule has 0 amide bonds. The van der Waals surface area contributed by atoms with Crippen LogP contribution in [0.4, 0.5) is 23.8 Å². The molecule has 40 heavy (non-hydrogen) atoms. The lowest BCUT2D eigenvalue weighted by atomic mass is 9.80. The topological polar surface area (TPSA) is 102 Å². The van der Waals surface area contributed by atoms with E-state index in [2.05, 4.69) is 34.1 Å². The van der Waals surface area contributed by atoms with E-state index in [0.717, 1.165) is 37.0 Å². The maximum Gasteiger partial charge on any atom is 0.513 e. The Hall–Kier alpha value is -4.15. The van der Waals surface area contributed by atoms with Crippen molar-refractivity contribution in [3.05, 3.63) is 65.4 Å². The molecule has 4 aromatic rings. The molecule has 1 atom stereocenters. The van der Waals surface area contributed by atoms with Gasteiger partial charge < -0.3 is 19.7 Å². The summed E-state index contributed by atoms with van der Waals surface area (Å²) in [4.78, 5) is 24.7. The zero-order valence-corrected chi connectivity index (χ0v) is 22.4. The summed E-state index contributed by atoms with van der Waals surface area (Å²) in [5.74, 6) is 1.07. The van der Waals surface area contributed by atoms with E-state index in [9.17, 15) is 23.1 Å². The van der Waals surface area contributed by atoms with Crippen molar-refractivity contribution in [2.24, 2.45) is 5.92 Å². The second kappa shape index (κ2) is 10.8. The summed E-state index contributed by atoms with van der Waals surface area (Å²) in [5, 5.41) is 12.7. The highest BCUT2D eigenvalue weighted by atomic mass is 19.4. The van der Waals surface area contributed by atoms with E-state index in [4.69, 9.17) is 4.74 Å². The SMILES string of the molecule is CC(C)c1ccnc(-c2cc3nc(OC(=O)O)nc(N[C@H](C)C4CCC4)c3n2Cc2ccc(C(F)(F)F)cc2)c1. The van der Waals surface area contributed by atoms with Gasteiger partial charge in [-0.2, -0.15) is 23.1 Å². The first kappa shape index (κ1) is 27.4. The maximum atomic E-state index is 13.2. The van der Waals surface area contributed by atoms with Crippen LogP contribution in [0.15, 0.2) is 48.7 Å². The van der Waals surface area contributed by atoms with Gasteiger partial charge in [0.2, 0.25) is 0 Å². The van der Waals surface area contributed by atoms with E-state index in [0.29, 0.717) is 39.7 Å². The summed E-state index contributed by atoms with van der Waals surface area (Å²) in [7, 11) is 0. The Morgan fingerprint density at radius 3 is 2.45 bits per heavy atom. The minimum Gasteiger partial charge on any atom is -0.449 e. The standard InChI is InChI=1S/C29H30F3N5O3/c1-16(2)20-11-12-33-22(13-20)24-14-23-25(37(24)15-18-7-9-21(10-8-18)29(30,31)32)26(34-17(3)19-5-4-6-19)36-27(35-23)40-28(38)39/h7-14,16-17,19H,4-6,15H2,1-3H3,(H,38,39)(H,34,35,36)/t17-/m1/s1. The molecule has 0 saturated heterocycles. The predicted molar refractivity (Wildman–Crippen MR) is 144 cm³/mol. The number of carboxylic acid groups (broad SMARTS) is 1. The van der Waals surface area contributed by atoms with Crippen LogP contribution in [0.1, 0.15) is 62.6 Å². The molecule has 2 N–H and O–H groups in total. The van der Waals surface area contributed by atoms with Gasteiger partial charge in [0.1, 0.15) is 5.52 Å². The summed E-state index contributed by atoms with van der Waals surface area (Å²) >= 11 is 0. The van der Waals surface area contributed by atoms with Crippen LogP contribution in [0, 0.1) is 5.92 Å². The number of aromatic nitrogens is 4. The number of benzene rings is 1. The Morgan fingerprint density at radius 2 is 1.85 bits per heavy atom. The Labute approximate surface area is 229 Å². The highest BCUT2D eigenvalue weighted by Crippen LogP contribution is 2.36. The van der Waals surface area contributed by atoms with Crippen molar-refractivity contribution in [3.8, 4) is 17.4 Å². The number of carbonyl (C=O) groups is 1. The fraction of sp³-hybridized carbons (Fsp3) is 0.379. The first-order valence-electron chi connectivity index (χ1n) is 13.2. The van der Waals surface area contributed by atoms with Gasteiger partial charge in [-0.3, -0.25) is 4.98 Å². The smallest absolute Gasteiger partial charge is 0.449 e. The van der Waals surface area contributed by atoms with Crippen molar-refractivity contribution in [1.82, 2.24) is 19.5 Å². The molecule has 8 nitrogen and oxygen atoms in total. The van der Waals surface area contributed by atoms with Crippen molar-refractivity contribution in [1.29, 1.82) is 0 Å². The van der Waals surface area contributed by atoms with Gasteiger partial charge in [0, 0.05) is 18.8 Å². The largest absolute Gasteiger partial charge is 0.513 e. The number of alkyl halides is 3. The molecule has 1 aliphatic rings. The number of nitrogens with one attached hydrogen (secondary N) is 1. The molecule has 0 bridgehead atoms.